The molecule has 0 radical (unpaired) electrons. The zero-order valence-corrected chi connectivity index (χ0v) is 7.18. The van der Waals surface area contributed by atoms with E-state index in [1.807, 2.05) is 13.8 Å². The molecule has 0 spiro atoms. The van der Waals surface area contributed by atoms with Gasteiger partial charge in [0, 0.05) is 5.92 Å². The lowest BCUT2D eigenvalue weighted by Crippen LogP contribution is -2.43. The summed E-state index contributed by atoms with van der Waals surface area (Å²) in [7, 11) is 0. The molecular formula is C8H16O2. The van der Waals surface area contributed by atoms with Crippen LogP contribution in [0.4, 0.5) is 0 Å². The van der Waals surface area contributed by atoms with Crippen LogP contribution in [0.2, 0.25) is 0 Å². The first-order valence-electron chi connectivity index (χ1n) is 3.83. The fourth-order valence-corrected chi connectivity index (χ4v) is 1.07. The van der Waals surface area contributed by atoms with E-state index >= 15 is 0 Å². The highest BCUT2D eigenvalue weighted by molar-refractivity contribution is 4.70. The van der Waals surface area contributed by atoms with Gasteiger partial charge in [-0.15, -0.1) is 0 Å². The van der Waals surface area contributed by atoms with E-state index in [1.165, 1.54) is 0 Å². The summed E-state index contributed by atoms with van der Waals surface area (Å²) in [5.74, 6) is 0.152. The van der Waals surface area contributed by atoms with E-state index in [0.717, 1.165) is 6.61 Å². The minimum absolute atomic E-state index is 0.323. The Morgan fingerprint density at radius 1 is 1.30 bits per heavy atom. The van der Waals surface area contributed by atoms with Crippen molar-refractivity contribution in [1.82, 2.24) is 0 Å². The molecule has 1 rings (SSSR count). The van der Waals surface area contributed by atoms with Gasteiger partial charge in [-0.3, -0.25) is 0 Å². The monoisotopic (exact) mass is 144 g/mol. The third-order valence-corrected chi connectivity index (χ3v) is 1.96. The van der Waals surface area contributed by atoms with Gasteiger partial charge in [0.1, 0.15) is 0 Å². The summed E-state index contributed by atoms with van der Waals surface area (Å²) in [5, 5.41) is 0. The molecule has 1 fully saturated rings. The molecule has 1 aliphatic rings. The summed E-state index contributed by atoms with van der Waals surface area (Å²) in [5.41, 5.74) is 0. The molecular weight excluding hydrogens is 128 g/mol. The van der Waals surface area contributed by atoms with Gasteiger partial charge in [0.15, 0.2) is 5.79 Å². The molecule has 2 atom stereocenters. The zero-order valence-electron chi connectivity index (χ0n) is 7.18. The molecule has 1 aliphatic heterocycles. The second-order valence-electron chi connectivity index (χ2n) is 3.51. The number of ether oxygens (including phenoxy) is 2. The molecule has 0 aromatic rings. The maximum Gasteiger partial charge on any atom is 0.163 e. The Kier molecular flexibility index (Phi) is 2.02. The molecule has 1 heterocycles. The summed E-state index contributed by atoms with van der Waals surface area (Å²) >= 11 is 0. The van der Waals surface area contributed by atoms with E-state index in [1.54, 1.807) is 0 Å². The third kappa shape index (κ3) is 1.70. The highest BCUT2D eigenvalue weighted by Crippen LogP contribution is 2.24. The highest BCUT2D eigenvalue weighted by Gasteiger charge is 2.31. The molecule has 2 heteroatoms. The van der Waals surface area contributed by atoms with E-state index in [4.69, 9.17) is 9.47 Å². The van der Waals surface area contributed by atoms with Crippen molar-refractivity contribution in [3.05, 3.63) is 0 Å². The smallest absolute Gasteiger partial charge is 0.163 e. The van der Waals surface area contributed by atoms with Gasteiger partial charge in [0.25, 0.3) is 0 Å². The normalized spacial score (nSPS) is 39.6. The van der Waals surface area contributed by atoms with Crippen LogP contribution in [0.3, 0.4) is 0 Å². The fraction of sp³-hybridized carbons (Fsp3) is 1.00. The third-order valence-electron chi connectivity index (χ3n) is 1.96. The van der Waals surface area contributed by atoms with Crippen LogP contribution >= 0.6 is 0 Å². The lowest BCUT2D eigenvalue weighted by molar-refractivity contribution is -0.286. The second kappa shape index (κ2) is 2.51. The number of hydrogen-bond acceptors (Lipinski definition) is 2. The maximum atomic E-state index is 5.56. The topological polar surface area (TPSA) is 18.5 Å². The van der Waals surface area contributed by atoms with Gasteiger partial charge >= 0.3 is 0 Å². The van der Waals surface area contributed by atoms with Gasteiger partial charge in [0.2, 0.25) is 0 Å². The van der Waals surface area contributed by atoms with Crippen LogP contribution in [0.1, 0.15) is 27.7 Å². The molecule has 0 bridgehead atoms. The van der Waals surface area contributed by atoms with Crippen LogP contribution in [0.25, 0.3) is 0 Å². The van der Waals surface area contributed by atoms with E-state index in [9.17, 15) is 0 Å². The lowest BCUT2D eigenvalue weighted by Gasteiger charge is -2.38. The quantitative estimate of drug-likeness (QED) is 0.516. The minimum atomic E-state index is -0.369. The van der Waals surface area contributed by atoms with Crippen LogP contribution in [-0.4, -0.2) is 18.5 Å². The van der Waals surface area contributed by atoms with Gasteiger partial charge in [-0.05, 0) is 20.8 Å². The first-order valence-corrected chi connectivity index (χ1v) is 3.83. The van der Waals surface area contributed by atoms with Gasteiger partial charge < -0.3 is 9.47 Å². The molecule has 0 aromatic heterocycles. The molecule has 0 saturated carbocycles. The standard InChI is InChI=1S/C8H16O2/c1-6-5-9-8(3,4)10-7(6)2/h6-7H,5H2,1-4H3. The van der Waals surface area contributed by atoms with E-state index < -0.39 is 0 Å². The Bertz CT molecular complexity index is 120. The SMILES string of the molecule is CC1COC(C)(C)OC1C. The van der Waals surface area contributed by atoms with Crippen LogP contribution in [0.15, 0.2) is 0 Å². The van der Waals surface area contributed by atoms with Crippen LogP contribution < -0.4 is 0 Å². The summed E-state index contributed by atoms with van der Waals surface area (Å²) in [6.45, 7) is 8.95. The minimum Gasteiger partial charge on any atom is -0.350 e. The molecule has 60 valence electrons. The van der Waals surface area contributed by atoms with Crippen molar-refractivity contribution in [2.75, 3.05) is 6.61 Å². The molecule has 2 unspecified atom stereocenters. The highest BCUT2D eigenvalue weighted by atomic mass is 16.7. The summed E-state index contributed by atoms with van der Waals surface area (Å²) in [4.78, 5) is 0. The predicted octanol–water partition coefficient (Wildman–Crippen LogP) is 1.79. The van der Waals surface area contributed by atoms with Crippen molar-refractivity contribution in [1.29, 1.82) is 0 Å². The van der Waals surface area contributed by atoms with E-state index in [-0.39, 0.29) is 5.79 Å². The predicted molar refractivity (Wildman–Crippen MR) is 39.7 cm³/mol. The van der Waals surface area contributed by atoms with Gasteiger partial charge in [-0.1, -0.05) is 6.92 Å². The van der Waals surface area contributed by atoms with Crippen molar-refractivity contribution in [2.24, 2.45) is 5.92 Å². The molecule has 0 aromatic carbocycles. The van der Waals surface area contributed by atoms with Crippen LogP contribution in [0.5, 0.6) is 0 Å². The average Bonchev–Trinajstić information content (AvgIpc) is 1.79. The van der Waals surface area contributed by atoms with Crippen molar-refractivity contribution < 1.29 is 9.47 Å². The van der Waals surface area contributed by atoms with Gasteiger partial charge in [-0.25, -0.2) is 0 Å². The summed E-state index contributed by atoms with van der Waals surface area (Å²) in [6.07, 6.45) is 0.323. The molecule has 2 nitrogen and oxygen atoms in total. The van der Waals surface area contributed by atoms with E-state index in [2.05, 4.69) is 13.8 Å². The van der Waals surface area contributed by atoms with Gasteiger partial charge in [0.05, 0.1) is 12.7 Å². The largest absolute Gasteiger partial charge is 0.350 e. The summed E-state index contributed by atoms with van der Waals surface area (Å²) in [6, 6.07) is 0. The Morgan fingerprint density at radius 2 is 1.90 bits per heavy atom. The Labute approximate surface area is 62.5 Å². The average molecular weight is 144 g/mol. The maximum absolute atomic E-state index is 5.56. The number of rotatable bonds is 0. The van der Waals surface area contributed by atoms with Crippen molar-refractivity contribution >= 4 is 0 Å². The van der Waals surface area contributed by atoms with Crippen molar-refractivity contribution in [3.63, 3.8) is 0 Å². The van der Waals surface area contributed by atoms with Crippen LogP contribution in [-0.2, 0) is 9.47 Å². The molecule has 0 N–H and O–H groups in total. The van der Waals surface area contributed by atoms with Crippen LogP contribution in [0, 0.1) is 5.92 Å². The second-order valence-corrected chi connectivity index (χ2v) is 3.51. The van der Waals surface area contributed by atoms with Gasteiger partial charge in [-0.2, -0.15) is 0 Å². The zero-order chi connectivity index (χ0) is 7.78. The Balaban J connectivity index is 2.49. The lowest BCUT2D eigenvalue weighted by atomic mass is 10.1. The van der Waals surface area contributed by atoms with Crippen molar-refractivity contribution in [2.45, 2.75) is 39.6 Å². The Morgan fingerprint density at radius 3 is 2.30 bits per heavy atom. The Hall–Kier alpha value is -0.0800. The molecule has 0 aliphatic carbocycles. The molecule has 0 amide bonds. The number of hydrogen-bond donors (Lipinski definition) is 0. The first kappa shape index (κ1) is 8.02. The fourth-order valence-electron chi connectivity index (χ4n) is 1.07. The summed E-state index contributed by atoms with van der Waals surface area (Å²) < 4.78 is 11.0. The molecule has 10 heavy (non-hydrogen) atoms. The van der Waals surface area contributed by atoms with E-state index in [0.29, 0.717) is 12.0 Å². The first-order chi connectivity index (χ1) is 4.51. The molecule has 1 saturated heterocycles. The van der Waals surface area contributed by atoms with Crippen molar-refractivity contribution in [3.8, 4) is 0 Å².